The van der Waals surface area contributed by atoms with E-state index in [0.717, 1.165) is 12.8 Å². The zero-order chi connectivity index (χ0) is 18.5. The minimum absolute atomic E-state index is 0.160. The van der Waals surface area contributed by atoms with Gasteiger partial charge < -0.3 is 9.47 Å². The highest BCUT2D eigenvalue weighted by Gasteiger charge is 2.36. The molecule has 0 amide bonds. The van der Waals surface area contributed by atoms with Crippen LogP contribution >= 0.6 is 0 Å². The normalized spacial score (nSPS) is 19.8. The molecule has 1 aliphatic carbocycles. The highest BCUT2D eigenvalue weighted by atomic mass is 16.5. The van der Waals surface area contributed by atoms with Crippen molar-refractivity contribution in [3.8, 4) is 0 Å². The highest BCUT2D eigenvalue weighted by Crippen LogP contribution is 2.28. The van der Waals surface area contributed by atoms with E-state index in [1.165, 1.54) is 38.5 Å². The molecule has 0 heterocycles. The first-order valence-corrected chi connectivity index (χ1v) is 10.1. The van der Waals surface area contributed by atoms with E-state index in [0.29, 0.717) is 19.4 Å². The maximum Gasteiger partial charge on any atom is 0.310 e. The van der Waals surface area contributed by atoms with E-state index in [1.807, 2.05) is 26.0 Å². The molecule has 0 saturated heterocycles. The van der Waals surface area contributed by atoms with E-state index in [9.17, 15) is 9.59 Å². The second-order valence-corrected chi connectivity index (χ2v) is 7.28. The fourth-order valence-electron chi connectivity index (χ4n) is 3.17. The van der Waals surface area contributed by atoms with Crippen LogP contribution in [0.1, 0.15) is 85.0 Å². The Balaban J connectivity index is 2.23. The van der Waals surface area contributed by atoms with Gasteiger partial charge in [-0.25, -0.2) is 0 Å². The number of hydrogen-bond donors (Lipinski definition) is 0. The Morgan fingerprint density at radius 2 is 1.40 bits per heavy atom. The number of allylic oxidation sites excluding steroid dienone is 2. The van der Waals surface area contributed by atoms with Gasteiger partial charge >= 0.3 is 11.9 Å². The summed E-state index contributed by atoms with van der Waals surface area (Å²) in [6, 6.07) is 0. The molecule has 1 rings (SSSR count). The van der Waals surface area contributed by atoms with Crippen molar-refractivity contribution in [1.29, 1.82) is 0 Å². The molecular weight excluding hydrogens is 316 g/mol. The summed E-state index contributed by atoms with van der Waals surface area (Å²) in [6.45, 7) is 6.34. The average Bonchev–Trinajstić information content (AvgIpc) is 2.59. The minimum atomic E-state index is -0.404. The summed E-state index contributed by atoms with van der Waals surface area (Å²) >= 11 is 0. The number of esters is 2. The molecule has 0 saturated carbocycles. The van der Waals surface area contributed by atoms with E-state index in [-0.39, 0.29) is 18.0 Å². The zero-order valence-electron chi connectivity index (χ0n) is 16.3. The second kappa shape index (κ2) is 13.0. The van der Waals surface area contributed by atoms with Crippen LogP contribution in [-0.4, -0.2) is 24.6 Å². The number of ether oxygens (including phenoxy) is 2. The monoisotopic (exact) mass is 352 g/mol. The lowest BCUT2D eigenvalue weighted by molar-refractivity contribution is -0.163. The molecule has 0 bridgehead atoms. The van der Waals surface area contributed by atoms with Gasteiger partial charge in [0.2, 0.25) is 0 Å². The molecule has 0 aromatic rings. The van der Waals surface area contributed by atoms with Crippen LogP contribution in [0.15, 0.2) is 12.2 Å². The van der Waals surface area contributed by atoms with Gasteiger partial charge in [-0.1, -0.05) is 64.0 Å². The zero-order valence-corrected chi connectivity index (χ0v) is 16.3. The third-order valence-electron chi connectivity index (χ3n) is 4.63. The van der Waals surface area contributed by atoms with E-state index in [1.54, 1.807) is 0 Å². The number of carbonyl (C=O) groups excluding carboxylic acids is 2. The van der Waals surface area contributed by atoms with Gasteiger partial charge in [0, 0.05) is 0 Å². The van der Waals surface area contributed by atoms with Crippen LogP contribution in [-0.2, 0) is 19.1 Å². The molecule has 4 nitrogen and oxygen atoms in total. The summed E-state index contributed by atoms with van der Waals surface area (Å²) in [5, 5.41) is 0. The van der Waals surface area contributed by atoms with Gasteiger partial charge in [-0.3, -0.25) is 9.59 Å². The fraction of sp³-hybridized carbons (Fsp3) is 0.810. The summed E-state index contributed by atoms with van der Waals surface area (Å²) in [4.78, 5) is 24.5. The van der Waals surface area contributed by atoms with Gasteiger partial charge in [-0.15, -0.1) is 0 Å². The number of carbonyl (C=O) groups is 2. The molecule has 0 radical (unpaired) electrons. The molecule has 1 aliphatic rings. The van der Waals surface area contributed by atoms with Gasteiger partial charge in [0.1, 0.15) is 0 Å². The van der Waals surface area contributed by atoms with Gasteiger partial charge in [0.25, 0.3) is 0 Å². The van der Waals surface area contributed by atoms with Gasteiger partial charge in [-0.05, 0) is 33.1 Å². The molecule has 4 heteroatoms. The molecule has 0 aromatic carbocycles. The summed E-state index contributed by atoms with van der Waals surface area (Å²) in [5.41, 5.74) is 0. The molecule has 2 atom stereocenters. The summed E-state index contributed by atoms with van der Waals surface area (Å²) in [7, 11) is 0. The topological polar surface area (TPSA) is 52.6 Å². The van der Waals surface area contributed by atoms with Crippen molar-refractivity contribution in [3.63, 3.8) is 0 Å². The molecule has 0 N–H and O–H groups in total. The van der Waals surface area contributed by atoms with Gasteiger partial charge in [0.05, 0.1) is 24.5 Å². The fourth-order valence-corrected chi connectivity index (χ4v) is 3.17. The summed E-state index contributed by atoms with van der Waals surface area (Å²) in [6.07, 6.45) is 14.6. The Kier molecular flexibility index (Phi) is 11.3. The van der Waals surface area contributed by atoms with Crippen molar-refractivity contribution in [2.45, 2.75) is 91.1 Å². The SMILES string of the molecule is CCCCCCCCCCOC(=O)C1CC=CCC1C(=O)OC(C)C. The van der Waals surface area contributed by atoms with Crippen LogP contribution in [0.25, 0.3) is 0 Å². The Bertz CT molecular complexity index is 414. The third kappa shape index (κ3) is 9.08. The molecule has 2 unspecified atom stereocenters. The van der Waals surface area contributed by atoms with Gasteiger partial charge in [0.15, 0.2) is 0 Å². The molecule has 0 spiro atoms. The van der Waals surface area contributed by atoms with Crippen molar-refractivity contribution in [2.24, 2.45) is 11.8 Å². The lowest BCUT2D eigenvalue weighted by Gasteiger charge is -2.26. The molecular formula is C21H36O4. The molecule has 25 heavy (non-hydrogen) atoms. The second-order valence-electron chi connectivity index (χ2n) is 7.28. The Hall–Kier alpha value is -1.32. The predicted molar refractivity (Wildman–Crippen MR) is 100 cm³/mol. The summed E-state index contributed by atoms with van der Waals surface area (Å²) < 4.78 is 10.7. The van der Waals surface area contributed by atoms with E-state index < -0.39 is 11.8 Å². The number of unbranched alkanes of at least 4 members (excludes halogenated alkanes) is 7. The molecule has 0 aromatic heterocycles. The summed E-state index contributed by atoms with van der Waals surface area (Å²) in [5.74, 6) is -1.34. The van der Waals surface area contributed by atoms with Crippen LogP contribution < -0.4 is 0 Å². The van der Waals surface area contributed by atoms with Crippen molar-refractivity contribution < 1.29 is 19.1 Å². The van der Waals surface area contributed by atoms with E-state index in [2.05, 4.69) is 6.92 Å². The van der Waals surface area contributed by atoms with Crippen LogP contribution in [0.2, 0.25) is 0 Å². The average molecular weight is 353 g/mol. The first kappa shape index (κ1) is 21.7. The Labute approximate surface area is 153 Å². The minimum Gasteiger partial charge on any atom is -0.465 e. The quantitative estimate of drug-likeness (QED) is 0.275. The highest BCUT2D eigenvalue weighted by molar-refractivity contribution is 5.82. The van der Waals surface area contributed by atoms with Crippen molar-refractivity contribution in [3.05, 3.63) is 12.2 Å². The van der Waals surface area contributed by atoms with Crippen LogP contribution in [0.3, 0.4) is 0 Å². The largest absolute Gasteiger partial charge is 0.465 e. The number of rotatable bonds is 12. The van der Waals surface area contributed by atoms with Crippen molar-refractivity contribution in [2.75, 3.05) is 6.61 Å². The maximum absolute atomic E-state index is 12.3. The van der Waals surface area contributed by atoms with E-state index in [4.69, 9.17) is 9.47 Å². The first-order chi connectivity index (χ1) is 12.1. The standard InChI is InChI=1S/C21H36O4/c1-4-5-6-7-8-9-10-13-16-24-20(22)18-14-11-12-15-19(18)21(23)25-17(2)3/h11-12,17-19H,4-10,13-16H2,1-3H3. The lowest BCUT2D eigenvalue weighted by Crippen LogP contribution is -2.34. The van der Waals surface area contributed by atoms with E-state index >= 15 is 0 Å². The van der Waals surface area contributed by atoms with Gasteiger partial charge in [-0.2, -0.15) is 0 Å². The lowest BCUT2D eigenvalue weighted by atomic mass is 9.83. The predicted octanol–water partition coefficient (Wildman–Crippen LogP) is 5.20. The Morgan fingerprint density at radius 3 is 1.96 bits per heavy atom. The Morgan fingerprint density at radius 1 is 0.880 bits per heavy atom. The number of hydrogen-bond acceptors (Lipinski definition) is 4. The van der Waals surface area contributed by atoms with Crippen LogP contribution in [0, 0.1) is 11.8 Å². The first-order valence-electron chi connectivity index (χ1n) is 10.1. The molecule has 0 fully saturated rings. The van der Waals surface area contributed by atoms with Crippen molar-refractivity contribution >= 4 is 11.9 Å². The van der Waals surface area contributed by atoms with Crippen LogP contribution in [0.5, 0.6) is 0 Å². The van der Waals surface area contributed by atoms with Crippen LogP contribution in [0.4, 0.5) is 0 Å². The van der Waals surface area contributed by atoms with Crippen molar-refractivity contribution in [1.82, 2.24) is 0 Å². The maximum atomic E-state index is 12.3. The molecule has 144 valence electrons. The third-order valence-corrected chi connectivity index (χ3v) is 4.63. The smallest absolute Gasteiger partial charge is 0.310 e. The molecule has 0 aliphatic heterocycles.